The Hall–Kier alpha value is -0.900. The summed E-state index contributed by atoms with van der Waals surface area (Å²) in [5, 5.41) is 3.22. The first kappa shape index (κ1) is 14.2. The first-order chi connectivity index (χ1) is 8.26. The molecule has 1 rings (SSSR count). The van der Waals surface area contributed by atoms with Gasteiger partial charge >= 0.3 is 0 Å². The van der Waals surface area contributed by atoms with E-state index in [4.69, 9.17) is 9.47 Å². The monoisotopic (exact) mass is 237 g/mol. The highest BCUT2D eigenvalue weighted by molar-refractivity contribution is 5.25. The van der Waals surface area contributed by atoms with Crippen LogP contribution in [0.25, 0.3) is 0 Å². The zero-order valence-corrected chi connectivity index (χ0v) is 11.2. The Morgan fingerprint density at radius 1 is 1.12 bits per heavy atom. The highest BCUT2D eigenvalue weighted by Gasteiger charge is 2.20. The summed E-state index contributed by atoms with van der Waals surface area (Å²) in [5.41, 5.74) is 2.55. The number of rotatable bonds is 7. The Balaban J connectivity index is 2.81. The number of hydrogen-bond acceptors (Lipinski definition) is 3. The van der Waals surface area contributed by atoms with Gasteiger partial charge in [0.15, 0.2) is 6.29 Å². The van der Waals surface area contributed by atoms with Crippen LogP contribution in [0.2, 0.25) is 0 Å². The molecule has 0 aliphatic rings. The Morgan fingerprint density at radius 3 is 2.12 bits per heavy atom. The van der Waals surface area contributed by atoms with Gasteiger partial charge in [0, 0.05) is 14.2 Å². The summed E-state index contributed by atoms with van der Waals surface area (Å²) in [6.45, 7) is 2.19. The van der Waals surface area contributed by atoms with Crippen LogP contribution in [0.15, 0.2) is 24.3 Å². The molecule has 0 fully saturated rings. The maximum atomic E-state index is 5.30. The number of aryl methyl sites for hydroxylation is 1. The first-order valence-electron chi connectivity index (χ1n) is 6.08. The Kier molecular flexibility index (Phi) is 6.19. The van der Waals surface area contributed by atoms with Gasteiger partial charge in [0.25, 0.3) is 0 Å². The zero-order valence-electron chi connectivity index (χ0n) is 11.2. The predicted octanol–water partition coefficient (Wildman–Crippen LogP) is 2.52. The maximum Gasteiger partial charge on any atom is 0.176 e. The molecule has 1 aromatic rings. The van der Waals surface area contributed by atoms with Crippen molar-refractivity contribution in [2.75, 3.05) is 21.3 Å². The third-order valence-electron chi connectivity index (χ3n) is 2.93. The summed E-state index contributed by atoms with van der Waals surface area (Å²) in [6.07, 6.45) is 2.03. The lowest BCUT2D eigenvalue weighted by Gasteiger charge is -2.24. The van der Waals surface area contributed by atoms with Crippen molar-refractivity contribution >= 4 is 0 Å². The van der Waals surface area contributed by atoms with E-state index in [9.17, 15) is 0 Å². The van der Waals surface area contributed by atoms with Crippen molar-refractivity contribution in [3.8, 4) is 0 Å². The molecule has 0 radical (unpaired) electrons. The molecule has 17 heavy (non-hydrogen) atoms. The van der Waals surface area contributed by atoms with Crippen LogP contribution in [0.4, 0.5) is 0 Å². The van der Waals surface area contributed by atoms with Gasteiger partial charge in [0.1, 0.15) is 0 Å². The third-order valence-corrected chi connectivity index (χ3v) is 2.93. The van der Waals surface area contributed by atoms with Gasteiger partial charge in [0.2, 0.25) is 0 Å². The van der Waals surface area contributed by atoms with Crippen molar-refractivity contribution in [1.82, 2.24) is 5.32 Å². The number of methoxy groups -OCH3 is 2. The minimum atomic E-state index is -0.267. The van der Waals surface area contributed by atoms with Crippen molar-refractivity contribution in [2.24, 2.45) is 0 Å². The van der Waals surface area contributed by atoms with Crippen molar-refractivity contribution in [3.05, 3.63) is 35.4 Å². The van der Waals surface area contributed by atoms with Crippen LogP contribution in [0.5, 0.6) is 0 Å². The minimum Gasteiger partial charge on any atom is -0.354 e. The maximum absolute atomic E-state index is 5.30. The van der Waals surface area contributed by atoms with E-state index in [1.54, 1.807) is 14.2 Å². The SMILES string of the molecule is CCCc1ccc(C(NC)C(OC)OC)cc1. The second-order valence-electron chi connectivity index (χ2n) is 4.10. The first-order valence-corrected chi connectivity index (χ1v) is 6.08. The molecule has 0 saturated heterocycles. The van der Waals surface area contributed by atoms with Gasteiger partial charge in [-0.1, -0.05) is 37.6 Å². The lowest BCUT2D eigenvalue weighted by Crippen LogP contribution is -2.32. The molecule has 3 nitrogen and oxygen atoms in total. The van der Waals surface area contributed by atoms with Gasteiger partial charge in [-0.2, -0.15) is 0 Å². The second-order valence-corrected chi connectivity index (χ2v) is 4.10. The molecule has 1 atom stereocenters. The Bertz CT molecular complexity index is 307. The lowest BCUT2D eigenvalue weighted by atomic mass is 10.0. The summed E-state index contributed by atoms with van der Waals surface area (Å²) >= 11 is 0. The standard InChI is InChI=1S/C14H23NO2/c1-5-6-11-7-9-12(10-8-11)13(15-2)14(16-3)17-4/h7-10,13-15H,5-6H2,1-4H3. The molecule has 3 heteroatoms. The van der Waals surface area contributed by atoms with Gasteiger partial charge in [-0.05, 0) is 24.6 Å². The van der Waals surface area contributed by atoms with E-state index >= 15 is 0 Å². The molecular weight excluding hydrogens is 214 g/mol. The van der Waals surface area contributed by atoms with Crippen LogP contribution in [-0.4, -0.2) is 27.6 Å². The summed E-state index contributed by atoms with van der Waals surface area (Å²) in [6, 6.07) is 8.67. The fraction of sp³-hybridized carbons (Fsp3) is 0.571. The molecule has 1 N–H and O–H groups in total. The van der Waals surface area contributed by atoms with Crippen LogP contribution in [0, 0.1) is 0 Å². The van der Waals surface area contributed by atoms with Crippen LogP contribution in [0.3, 0.4) is 0 Å². The number of likely N-dealkylation sites (N-methyl/N-ethyl adjacent to an activating group) is 1. The highest BCUT2D eigenvalue weighted by Crippen LogP contribution is 2.20. The van der Waals surface area contributed by atoms with Gasteiger partial charge in [-0.15, -0.1) is 0 Å². The van der Waals surface area contributed by atoms with E-state index in [1.807, 2.05) is 7.05 Å². The fourth-order valence-corrected chi connectivity index (χ4v) is 2.01. The summed E-state index contributed by atoms with van der Waals surface area (Å²) in [5.74, 6) is 0. The number of benzene rings is 1. The van der Waals surface area contributed by atoms with Crippen LogP contribution in [0.1, 0.15) is 30.5 Å². The van der Waals surface area contributed by atoms with E-state index in [0.29, 0.717) is 0 Å². The molecule has 0 heterocycles. The van der Waals surface area contributed by atoms with E-state index < -0.39 is 0 Å². The van der Waals surface area contributed by atoms with Gasteiger partial charge in [-0.25, -0.2) is 0 Å². The minimum absolute atomic E-state index is 0.0562. The second kappa shape index (κ2) is 7.43. The normalized spacial score (nSPS) is 13.0. The summed E-state index contributed by atoms with van der Waals surface area (Å²) in [4.78, 5) is 0. The van der Waals surface area contributed by atoms with E-state index in [0.717, 1.165) is 6.42 Å². The van der Waals surface area contributed by atoms with Crippen molar-refractivity contribution in [2.45, 2.75) is 32.1 Å². The highest BCUT2D eigenvalue weighted by atomic mass is 16.7. The molecular formula is C14H23NO2. The molecule has 0 spiro atoms. The lowest BCUT2D eigenvalue weighted by molar-refractivity contribution is -0.123. The predicted molar refractivity (Wildman–Crippen MR) is 70.0 cm³/mol. The Morgan fingerprint density at radius 2 is 1.71 bits per heavy atom. The fourth-order valence-electron chi connectivity index (χ4n) is 2.01. The quantitative estimate of drug-likeness (QED) is 0.739. The topological polar surface area (TPSA) is 30.5 Å². The molecule has 1 aromatic carbocycles. The van der Waals surface area contributed by atoms with Crippen LogP contribution in [-0.2, 0) is 15.9 Å². The molecule has 96 valence electrons. The Labute approximate surface area is 104 Å². The largest absolute Gasteiger partial charge is 0.354 e. The van der Waals surface area contributed by atoms with Crippen molar-refractivity contribution in [3.63, 3.8) is 0 Å². The number of hydrogen-bond donors (Lipinski definition) is 1. The zero-order chi connectivity index (χ0) is 12.7. The van der Waals surface area contributed by atoms with Gasteiger partial charge in [0.05, 0.1) is 6.04 Å². The molecule has 1 unspecified atom stereocenters. The van der Waals surface area contributed by atoms with Crippen molar-refractivity contribution < 1.29 is 9.47 Å². The van der Waals surface area contributed by atoms with Crippen molar-refractivity contribution in [1.29, 1.82) is 0 Å². The van der Waals surface area contributed by atoms with Crippen LogP contribution >= 0.6 is 0 Å². The average molecular weight is 237 g/mol. The molecule has 0 aromatic heterocycles. The smallest absolute Gasteiger partial charge is 0.176 e. The molecule has 0 aliphatic heterocycles. The van der Waals surface area contributed by atoms with Crippen LogP contribution < -0.4 is 5.32 Å². The number of nitrogens with one attached hydrogen (secondary N) is 1. The molecule has 0 amide bonds. The summed E-state index contributed by atoms with van der Waals surface area (Å²) < 4.78 is 10.6. The molecule has 0 aliphatic carbocycles. The summed E-state index contributed by atoms with van der Waals surface area (Å²) in [7, 11) is 5.23. The van der Waals surface area contributed by atoms with E-state index in [2.05, 4.69) is 36.5 Å². The average Bonchev–Trinajstić information content (AvgIpc) is 2.37. The van der Waals surface area contributed by atoms with E-state index in [1.165, 1.54) is 17.5 Å². The number of ether oxygens (including phenoxy) is 2. The van der Waals surface area contributed by atoms with E-state index in [-0.39, 0.29) is 12.3 Å². The van der Waals surface area contributed by atoms with Gasteiger partial charge < -0.3 is 14.8 Å². The third kappa shape index (κ3) is 3.80. The molecule has 0 bridgehead atoms. The van der Waals surface area contributed by atoms with Gasteiger partial charge in [-0.3, -0.25) is 0 Å². The molecule has 0 saturated carbocycles.